The maximum absolute atomic E-state index is 12.1. The number of aliphatic imine (C=N–C) groups is 1. The number of hydrogen-bond acceptors (Lipinski definition) is 5. The van der Waals surface area contributed by atoms with E-state index in [4.69, 9.17) is 0 Å². The Morgan fingerprint density at radius 1 is 0.971 bits per heavy atom. The number of hydrogen-bond donors (Lipinski definition) is 2. The van der Waals surface area contributed by atoms with E-state index in [9.17, 15) is 18.8 Å². The van der Waals surface area contributed by atoms with E-state index in [1.165, 1.54) is 12.1 Å². The maximum atomic E-state index is 12.1. The topological polar surface area (TPSA) is 106 Å². The number of sulfone groups is 1. The number of benzene rings is 3. The van der Waals surface area contributed by atoms with Gasteiger partial charge in [0.05, 0.1) is 10.6 Å². The molecule has 3 aromatic rings. The number of nitrogens with zero attached hydrogens (tertiary/aromatic N) is 3. The van der Waals surface area contributed by atoms with Crippen LogP contribution < -0.4 is 5.32 Å². The van der Waals surface area contributed by atoms with Crippen LogP contribution in [-0.4, -0.2) is 43.7 Å². The van der Waals surface area contributed by atoms with Crippen molar-refractivity contribution in [1.82, 2.24) is 10.2 Å². The summed E-state index contributed by atoms with van der Waals surface area (Å²) < 4.78 is 23.4. The van der Waals surface area contributed by atoms with Gasteiger partial charge in [-0.15, -0.1) is 0 Å². The lowest BCUT2D eigenvalue weighted by Gasteiger charge is -2.42. The first-order chi connectivity index (χ1) is 16.8. The third-order valence-electron chi connectivity index (χ3n) is 6.48. The molecule has 0 radical (unpaired) electrons. The molecule has 35 heavy (non-hydrogen) atoms. The van der Waals surface area contributed by atoms with Crippen molar-refractivity contribution in [2.75, 3.05) is 19.3 Å². The summed E-state index contributed by atoms with van der Waals surface area (Å²) in [5, 5.41) is 24.0. The zero-order valence-corrected chi connectivity index (χ0v) is 20.3. The summed E-state index contributed by atoms with van der Waals surface area (Å²) >= 11 is 0. The molecule has 7 nitrogen and oxygen atoms in total. The molecule has 0 spiro atoms. The minimum Gasteiger partial charge on any atom is -0.380 e. The molecular weight excluding hydrogens is 460 g/mol. The molecule has 1 fully saturated rings. The Balaban J connectivity index is 1.56. The van der Waals surface area contributed by atoms with Crippen molar-refractivity contribution in [1.29, 1.82) is 5.26 Å². The molecule has 0 saturated carbocycles. The second kappa shape index (κ2) is 10.3. The average Bonchev–Trinajstić information content (AvgIpc) is 2.89. The van der Waals surface area contributed by atoms with Crippen LogP contribution in [-0.2, 0) is 15.4 Å². The number of nitrogens with one attached hydrogen (secondary N) is 1. The summed E-state index contributed by atoms with van der Waals surface area (Å²) in [6.45, 7) is 1.20. The zero-order valence-electron chi connectivity index (χ0n) is 19.5. The molecule has 8 heteroatoms. The van der Waals surface area contributed by atoms with Crippen LogP contribution in [0.3, 0.4) is 0 Å². The van der Waals surface area contributed by atoms with Gasteiger partial charge in [0.15, 0.2) is 16.0 Å². The van der Waals surface area contributed by atoms with Crippen LogP contribution in [0.2, 0.25) is 0 Å². The third kappa shape index (κ3) is 5.37. The van der Waals surface area contributed by atoms with Crippen LogP contribution in [0.1, 0.15) is 24.0 Å². The fourth-order valence-electron chi connectivity index (χ4n) is 4.65. The summed E-state index contributed by atoms with van der Waals surface area (Å²) in [6.07, 6.45) is 4.49. The first-order valence-corrected chi connectivity index (χ1v) is 13.3. The number of likely N-dealkylation sites (tertiary alicyclic amines) is 1. The van der Waals surface area contributed by atoms with Crippen molar-refractivity contribution in [3.05, 3.63) is 96.1 Å². The molecule has 1 heterocycles. The van der Waals surface area contributed by atoms with Crippen molar-refractivity contribution in [3.8, 4) is 6.19 Å². The molecule has 1 aliphatic heterocycles. The summed E-state index contributed by atoms with van der Waals surface area (Å²) in [5.74, 6) is 0.377. The highest BCUT2D eigenvalue weighted by atomic mass is 32.2. The second-order valence-corrected chi connectivity index (χ2v) is 10.7. The molecule has 0 aromatic heterocycles. The highest BCUT2D eigenvalue weighted by molar-refractivity contribution is 7.90. The molecule has 0 amide bonds. The Bertz CT molecular complexity index is 1270. The van der Waals surface area contributed by atoms with Crippen LogP contribution in [0.4, 0.5) is 5.69 Å². The average molecular weight is 489 g/mol. The molecule has 0 aliphatic carbocycles. The quantitative estimate of drug-likeness (QED) is 0.245. The Morgan fingerprint density at radius 3 is 1.94 bits per heavy atom. The molecule has 1 aliphatic rings. The summed E-state index contributed by atoms with van der Waals surface area (Å²) in [7, 11) is -3.30. The van der Waals surface area contributed by atoms with Crippen molar-refractivity contribution in [2.45, 2.75) is 23.3 Å². The largest absolute Gasteiger partial charge is 0.380 e. The van der Waals surface area contributed by atoms with Crippen LogP contribution in [0, 0.1) is 17.4 Å². The van der Waals surface area contributed by atoms with Gasteiger partial charge >= 0.3 is 0 Å². The van der Waals surface area contributed by atoms with Gasteiger partial charge in [-0.3, -0.25) is 5.32 Å². The van der Waals surface area contributed by atoms with Gasteiger partial charge in [-0.25, -0.2) is 13.4 Å². The second-order valence-electron chi connectivity index (χ2n) is 8.70. The number of guanidine groups is 1. The van der Waals surface area contributed by atoms with E-state index in [-0.39, 0.29) is 10.8 Å². The van der Waals surface area contributed by atoms with E-state index in [0.29, 0.717) is 37.6 Å². The fraction of sp³-hybridized carbons (Fsp3) is 0.259. The Labute approximate surface area is 206 Å². The third-order valence-corrected chi connectivity index (χ3v) is 7.61. The molecular formula is C27H28N4O3S. The first kappa shape index (κ1) is 24.5. The highest BCUT2D eigenvalue weighted by Crippen LogP contribution is 2.42. The summed E-state index contributed by atoms with van der Waals surface area (Å²) in [5.41, 5.74) is 1.14. The number of nitriles is 1. The lowest BCUT2D eigenvalue weighted by Crippen LogP contribution is -2.48. The van der Waals surface area contributed by atoms with Gasteiger partial charge in [-0.1, -0.05) is 60.7 Å². The Hall–Kier alpha value is -3.67. The van der Waals surface area contributed by atoms with Gasteiger partial charge in [0, 0.05) is 19.3 Å². The molecule has 180 valence electrons. The Kier molecular flexibility index (Phi) is 7.20. The molecule has 3 aromatic carbocycles. The molecule has 0 atom stereocenters. The van der Waals surface area contributed by atoms with E-state index in [0.717, 1.165) is 17.4 Å². The van der Waals surface area contributed by atoms with Crippen LogP contribution in [0.5, 0.6) is 0 Å². The van der Waals surface area contributed by atoms with E-state index >= 15 is 0 Å². The minimum atomic E-state index is -3.30. The van der Waals surface area contributed by atoms with Gasteiger partial charge in [-0.2, -0.15) is 5.26 Å². The van der Waals surface area contributed by atoms with Gasteiger partial charge in [0.25, 0.3) is 0 Å². The molecule has 1 saturated heterocycles. The van der Waals surface area contributed by atoms with Crippen molar-refractivity contribution >= 4 is 21.5 Å². The first-order valence-electron chi connectivity index (χ1n) is 11.4. The molecule has 2 N–H and O–H groups in total. The van der Waals surface area contributed by atoms with Crippen molar-refractivity contribution in [3.63, 3.8) is 0 Å². The minimum absolute atomic E-state index is 0.0269. The molecule has 0 unspecified atom stereocenters. The van der Waals surface area contributed by atoms with Gasteiger partial charge in [0.1, 0.15) is 5.60 Å². The molecule has 0 bridgehead atoms. The smallest absolute Gasteiger partial charge is 0.212 e. The van der Waals surface area contributed by atoms with Crippen LogP contribution in [0.25, 0.3) is 0 Å². The SMILES string of the molecule is CS(=O)(=O)c1ccc(N=C(NC#N)N2CCC(C(O)(c3ccccc3)c3ccccc3)CC2)cc1. The normalized spacial score (nSPS) is 15.5. The number of rotatable bonds is 5. The highest BCUT2D eigenvalue weighted by Gasteiger charge is 2.41. The van der Waals surface area contributed by atoms with E-state index in [1.807, 2.05) is 71.8 Å². The molecule has 4 rings (SSSR count). The van der Waals surface area contributed by atoms with E-state index in [1.54, 1.807) is 12.1 Å². The zero-order chi connectivity index (χ0) is 24.9. The van der Waals surface area contributed by atoms with Crippen molar-refractivity contribution < 1.29 is 13.5 Å². The summed E-state index contributed by atoms with van der Waals surface area (Å²) in [4.78, 5) is 6.75. The number of piperidine rings is 1. The predicted octanol–water partition coefficient (Wildman–Crippen LogP) is 3.80. The van der Waals surface area contributed by atoms with E-state index < -0.39 is 15.4 Å². The predicted molar refractivity (Wildman–Crippen MR) is 136 cm³/mol. The number of aliphatic hydroxyl groups is 1. The Morgan fingerprint density at radius 2 is 1.49 bits per heavy atom. The van der Waals surface area contributed by atoms with Gasteiger partial charge in [0.2, 0.25) is 5.96 Å². The van der Waals surface area contributed by atoms with Crippen LogP contribution in [0.15, 0.2) is 94.8 Å². The lowest BCUT2D eigenvalue weighted by atomic mass is 9.72. The van der Waals surface area contributed by atoms with Gasteiger partial charge < -0.3 is 10.0 Å². The monoisotopic (exact) mass is 488 g/mol. The summed E-state index contributed by atoms with van der Waals surface area (Å²) in [6, 6.07) is 25.7. The van der Waals surface area contributed by atoms with Crippen LogP contribution >= 0.6 is 0 Å². The van der Waals surface area contributed by atoms with Crippen molar-refractivity contribution in [2.24, 2.45) is 10.9 Å². The lowest BCUT2D eigenvalue weighted by molar-refractivity contribution is -0.00676. The van der Waals surface area contributed by atoms with Gasteiger partial charge in [-0.05, 0) is 54.2 Å². The van der Waals surface area contributed by atoms with E-state index in [2.05, 4.69) is 10.3 Å². The standard InChI is InChI=1S/C27H28N4O3S/c1-35(33,34)25-14-12-24(13-15-25)30-26(29-20-28)31-18-16-23(17-19-31)27(32,21-8-4-2-5-9-21)22-10-6-3-7-11-22/h2-15,23,32H,16-19H2,1H3,(H,29,30). The fourth-order valence-corrected chi connectivity index (χ4v) is 5.28. The maximum Gasteiger partial charge on any atom is 0.212 e.